The molecule has 4 rings (SSSR count). The number of nitrogens with one attached hydrogen (secondary N) is 1. The minimum atomic E-state index is -0.126. The van der Waals surface area contributed by atoms with E-state index >= 15 is 0 Å². The summed E-state index contributed by atoms with van der Waals surface area (Å²) in [5.41, 5.74) is 5.54. The predicted molar refractivity (Wildman–Crippen MR) is 112 cm³/mol. The summed E-state index contributed by atoms with van der Waals surface area (Å²) >= 11 is 0. The molecule has 2 aromatic carbocycles. The lowest BCUT2D eigenvalue weighted by molar-refractivity contribution is 0.0930. The molecule has 29 heavy (non-hydrogen) atoms. The van der Waals surface area contributed by atoms with Crippen LogP contribution in [0.1, 0.15) is 27.9 Å². The summed E-state index contributed by atoms with van der Waals surface area (Å²) in [7, 11) is 3.15. The molecule has 1 unspecified atom stereocenters. The standard InChI is InChI=1S/C24H24N2O3/c1-28-19-8-9-21(23(15-19)29-2)24(27)26-18-7-6-16-4-3-5-20(22(16)14-18)17-10-12-25-13-11-17/h3-5,8-13,15,18H,6-7,14H2,1-2H3,(H,26,27). The van der Waals surface area contributed by atoms with Crippen molar-refractivity contribution in [2.24, 2.45) is 0 Å². The van der Waals surface area contributed by atoms with Gasteiger partial charge in [-0.15, -0.1) is 0 Å². The fraction of sp³-hybridized carbons (Fsp3) is 0.250. The third-order valence-electron chi connectivity index (χ3n) is 5.47. The Kier molecular flexibility index (Phi) is 5.47. The number of carbonyl (C=O) groups is 1. The highest BCUT2D eigenvalue weighted by Crippen LogP contribution is 2.32. The molecule has 1 N–H and O–H groups in total. The highest BCUT2D eigenvalue weighted by atomic mass is 16.5. The summed E-state index contributed by atoms with van der Waals surface area (Å²) in [6.45, 7) is 0. The number of rotatable bonds is 5. The normalized spacial score (nSPS) is 15.3. The number of carbonyl (C=O) groups excluding carboxylic acids is 1. The smallest absolute Gasteiger partial charge is 0.255 e. The molecule has 1 aliphatic carbocycles. The van der Waals surface area contributed by atoms with Gasteiger partial charge in [-0.2, -0.15) is 0 Å². The number of nitrogens with zero attached hydrogens (tertiary/aromatic N) is 1. The first-order valence-electron chi connectivity index (χ1n) is 9.73. The van der Waals surface area contributed by atoms with E-state index in [1.807, 2.05) is 24.5 Å². The molecule has 0 saturated carbocycles. The molecule has 5 nitrogen and oxygen atoms in total. The summed E-state index contributed by atoms with van der Waals surface area (Å²) < 4.78 is 10.6. The zero-order valence-corrected chi connectivity index (χ0v) is 16.6. The number of aromatic nitrogens is 1. The highest BCUT2D eigenvalue weighted by molar-refractivity contribution is 5.97. The summed E-state index contributed by atoms with van der Waals surface area (Å²) in [6.07, 6.45) is 6.29. The third-order valence-corrected chi connectivity index (χ3v) is 5.47. The first kappa shape index (κ1) is 19.0. The van der Waals surface area contributed by atoms with Crippen molar-refractivity contribution in [3.05, 3.63) is 77.6 Å². The van der Waals surface area contributed by atoms with Crippen LogP contribution in [0.5, 0.6) is 11.5 Å². The van der Waals surface area contributed by atoms with E-state index in [0.29, 0.717) is 17.1 Å². The van der Waals surface area contributed by atoms with Gasteiger partial charge in [0, 0.05) is 24.5 Å². The number of fused-ring (bicyclic) bond motifs is 1. The van der Waals surface area contributed by atoms with Crippen LogP contribution in [0.4, 0.5) is 0 Å². The number of methoxy groups -OCH3 is 2. The van der Waals surface area contributed by atoms with Gasteiger partial charge in [-0.05, 0) is 65.8 Å². The van der Waals surface area contributed by atoms with Crippen molar-refractivity contribution < 1.29 is 14.3 Å². The number of pyridine rings is 1. The second-order valence-electron chi connectivity index (χ2n) is 7.16. The summed E-state index contributed by atoms with van der Waals surface area (Å²) in [4.78, 5) is 17.0. The van der Waals surface area contributed by atoms with Crippen LogP contribution in [-0.2, 0) is 12.8 Å². The van der Waals surface area contributed by atoms with Gasteiger partial charge < -0.3 is 14.8 Å². The van der Waals surface area contributed by atoms with Crippen LogP contribution in [-0.4, -0.2) is 31.2 Å². The molecule has 1 heterocycles. The van der Waals surface area contributed by atoms with E-state index in [1.54, 1.807) is 32.4 Å². The Morgan fingerprint density at radius 2 is 1.90 bits per heavy atom. The van der Waals surface area contributed by atoms with Gasteiger partial charge in [0.15, 0.2) is 0 Å². The molecule has 148 valence electrons. The van der Waals surface area contributed by atoms with Gasteiger partial charge in [0.25, 0.3) is 5.91 Å². The first-order chi connectivity index (χ1) is 14.2. The number of benzene rings is 2. The highest BCUT2D eigenvalue weighted by Gasteiger charge is 2.24. The summed E-state index contributed by atoms with van der Waals surface area (Å²) in [5.74, 6) is 1.04. The Morgan fingerprint density at radius 1 is 1.07 bits per heavy atom. The SMILES string of the molecule is COc1ccc(C(=O)NC2CCc3cccc(-c4ccncc4)c3C2)c(OC)c1. The van der Waals surface area contributed by atoms with Crippen molar-refractivity contribution in [3.63, 3.8) is 0 Å². The molecular formula is C24H24N2O3. The maximum absolute atomic E-state index is 12.9. The van der Waals surface area contributed by atoms with Gasteiger partial charge in [0.05, 0.1) is 19.8 Å². The predicted octanol–water partition coefficient (Wildman–Crippen LogP) is 4.05. The number of hydrogen-bond donors (Lipinski definition) is 1. The van der Waals surface area contributed by atoms with Crippen molar-refractivity contribution in [1.82, 2.24) is 10.3 Å². The van der Waals surface area contributed by atoms with E-state index in [0.717, 1.165) is 24.8 Å². The van der Waals surface area contributed by atoms with Crippen molar-refractivity contribution in [2.45, 2.75) is 25.3 Å². The summed E-state index contributed by atoms with van der Waals surface area (Å²) in [6, 6.07) is 15.8. The van der Waals surface area contributed by atoms with E-state index in [2.05, 4.69) is 28.5 Å². The molecule has 3 aromatic rings. The van der Waals surface area contributed by atoms with E-state index in [-0.39, 0.29) is 11.9 Å². The maximum Gasteiger partial charge on any atom is 0.255 e. The van der Waals surface area contributed by atoms with Gasteiger partial charge in [-0.1, -0.05) is 18.2 Å². The average Bonchev–Trinajstić information content (AvgIpc) is 2.78. The van der Waals surface area contributed by atoms with Gasteiger partial charge in [-0.25, -0.2) is 0 Å². The van der Waals surface area contributed by atoms with Gasteiger partial charge >= 0.3 is 0 Å². The monoisotopic (exact) mass is 388 g/mol. The minimum Gasteiger partial charge on any atom is -0.497 e. The third kappa shape index (κ3) is 3.94. The molecule has 0 saturated heterocycles. The minimum absolute atomic E-state index is 0.0739. The number of hydrogen-bond acceptors (Lipinski definition) is 4. The number of amides is 1. The van der Waals surface area contributed by atoms with Crippen molar-refractivity contribution >= 4 is 5.91 Å². The zero-order chi connectivity index (χ0) is 20.2. The van der Waals surface area contributed by atoms with Crippen LogP contribution < -0.4 is 14.8 Å². The van der Waals surface area contributed by atoms with E-state index in [1.165, 1.54) is 16.7 Å². The van der Waals surface area contributed by atoms with E-state index < -0.39 is 0 Å². The molecule has 0 fully saturated rings. The fourth-order valence-electron chi connectivity index (χ4n) is 3.96. The fourth-order valence-corrected chi connectivity index (χ4v) is 3.96. The molecule has 0 spiro atoms. The van der Waals surface area contributed by atoms with Gasteiger partial charge in [0.2, 0.25) is 0 Å². The quantitative estimate of drug-likeness (QED) is 0.716. The first-order valence-corrected chi connectivity index (χ1v) is 9.73. The Labute approximate surface area is 170 Å². The molecule has 5 heteroatoms. The zero-order valence-electron chi connectivity index (χ0n) is 16.6. The Balaban J connectivity index is 1.56. The molecule has 1 aliphatic rings. The van der Waals surface area contributed by atoms with Crippen LogP contribution in [0.3, 0.4) is 0 Å². The lowest BCUT2D eigenvalue weighted by atomic mass is 9.83. The molecule has 1 atom stereocenters. The Hall–Kier alpha value is -3.34. The topological polar surface area (TPSA) is 60.5 Å². The maximum atomic E-state index is 12.9. The molecule has 1 amide bonds. The lowest BCUT2D eigenvalue weighted by Gasteiger charge is -2.28. The van der Waals surface area contributed by atoms with Gasteiger partial charge in [-0.3, -0.25) is 9.78 Å². The van der Waals surface area contributed by atoms with Crippen LogP contribution in [0, 0.1) is 0 Å². The molecule has 0 aliphatic heterocycles. The molecular weight excluding hydrogens is 364 g/mol. The number of ether oxygens (including phenoxy) is 2. The largest absolute Gasteiger partial charge is 0.497 e. The van der Waals surface area contributed by atoms with E-state index in [4.69, 9.17) is 9.47 Å². The van der Waals surface area contributed by atoms with E-state index in [9.17, 15) is 4.79 Å². The van der Waals surface area contributed by atoms with Crippen molar-refractivity contribution in [2.75, 3.05) is 14.2 Å². The van der Waals surface area contributed by atoms with Crippen LogP contribution >= 0.6 is 0 Å². The summed E-state index contributed by atoms with van der Waals surface area (Å²) in [5, 5.41) is 3.19. The number of aryl methyl sites for hydroxylation is 1. The Bertz CT molecular complexity index is 1020. The van der Waals surface area contributed by atoms with Gasteiger partial charge in [0.1, 0.15) is 11.5 Å². The van der Waals surface area contributed by atoms with Crippen molar-refractivity contribution in [3.8, 4) is 22.6 Å². The van der Waals surface area contributed by atoms with Crippen LogP contribution in [0.2, 0.25) is 0 Å². The average molecular weight is 388 g/mol. The lowest BCUT2D eigenvalue weighted by Crippen LogP contribution is -2.39. The molecule has 0 bridgehead atoms. The molecule has 1 aromatic heterocycles. The van der Waals surface area contributed by atoms with Crippen LogP contribution in [0.15, 0.2) is 60.9 Å². The van der Waals surface area contributed by atoms with Crippen LogP contribution in [0.25, 0.3) is 11.1 Å². The second kappa shape index (κ2) is 8.35. The molecule has 0 radical (unpaired) electrons. The Morgan fingerprint density at radius 3 is 2.66 bits per heavy atom. The van der Waals surface area contributed by atoms with Crippen molar-refractivity contribution in [1.29, 1.82) is 0 Å². The second-order valence-corrected chi connectivity index (χ2v) is 7.16.